The molecule has 0 fully saturated rings. The van der Waals surface area contributed by atoms with Gasteiger partial charge >= 0.3 is 0 Å². The van der Waals surface area contributed by atoms with E-state index in [1.54, 1.807) is 0 Å². The molecule has 29 heavy (non-hydrogen) atoms. The van der Waals surface area contributed by atoms with Gasteiger partial charge in [0.25, 0.3) is 0 Å². The first kappa shape index (κ1) is 21.5. The predicted octanol–water partition coefficient (Wildman–Crippen LogP) is 4.65. The van der Waals surface area contributed by atoms with E-state index in [-0.39, 0.29) is 0 Å². The first-order valence-electron chi connectivity index (χ1n) is 10.4. The highest BCUT2D eigenvalue weighted by Gasteiger charge is 2.56. The van der Waals surface area contributed by atoms with Crippen LogP contribution in [0.1, 0.15) is 17.5 Å². The van der Waals surface area contributed by atoms with E-state index < -0.39 is 15.4 Å². The molecule has 0 saturated carbocycles. The molecule has 3 heteroatoms. The Morgan fingerprint density at radius 1 is 0.759 bits per heavy atom. The first-order chi connectivity index (χ1) is 13.9. The molecule has 3 aromatic rings. The summed E-state index contributed by atoms with van der Waals surface area (Å²) in [6, 6.07) is 28.8. The van der Waals surface area contributed by atoms with E-state index in [4.69, 9.17) is 4.43 Å². The standard InChI is InChI=1S/C26H32OSi2/c1-6-7-21-27-29(25-19-13-11-15-22(25)2,26-20-14-12-16-23(26)3)28(4,5)24-17-9-8-10-18-24/h6,8-20H,1,7,21H2,2-5H3. The lowest BCUT2D eigenvalue weighted by Crippen LogP contribution is -2.81. The fourth-order valence-corrected chi connectivity index (χ4v) is 19.4. The molecule has 0 N–H and O–H groups in total. The molecule has 0 aliphatic heterocycles. The minimum Gasteiger partial charge on any atom is -0.410 e. The molecule has 0 aliphatic rings. The molecule has 150 valence electrons. The van der Waals surface area contributed by atoms with Gasteiger partial charge in [0.15, 0.2) is 0 Å². The van der Waals surface area contributed by atoms with Crippen LogP contribution in [-0.2, 0) is 4.43 Å². The Hall–Kier alpha value is -2.21. The van der Waals surface area contributed by atoms with Crippen molar-refractivity contribution in [2.45, 2.75) is 33.4 Å². The lowest BCUT2D eigenvalue weighted by atomic mass is 10.2. The van der Waals surface area contributed by atoms with Gasteiger partial charge in [0.1, 0.15) is 7.59 Å². The molecule has 1 nitrogen and oxygen atoms in total. The van der Waals surface area contributed by atoms with Gasteiger partial charge in [0.05, 0.1) is 0 Å². The zero-order valence-electron chi connectivity index (χ0n) is 18.1. The fourth-order valence-electron chi connectivity index (χ4n) is 4.44. The van der Waals surface area contributed by atoms with Crippen molar-refractivity contribution in [2.75, 3.05) is 6.61 Å². The normalized spacial score (nSPS) is 12.0. The van der Waals surface area contributed by atoms with Gasteiger partial charge in [-0.1, -0.05) is 103 Å². The van der Waals surface area contributed by atoms with Crippen LogP contribution in [0.15, 0.2) is 91.5 Å². The Morgan fingerprint density at radius 2 is 1.24 bits per heavy atom. The second kappa shape index (κ2) is 9.08. The van der Waals surface area contributed by atoms with E-state index in [0.29, 0.717) is 6.61 Å². The first-order valence-corrected chi connectivity index (χ1v) is 16.3. The quantitative estimate of drug-likeness (QED) is 0.295. The van der Waals surface area contributed by atoms with Crippen LogP contribution in [-0.4, -0.2) is 22.0 Å². The zero-order valence-corrected chi connectivity index (χ0v) is 20.1. The Kier molecular flexibility index (Phi) is 6.73. The van der Waals surface area contributed by atoms with Crippen LogP contribution in [0.25, 0.3) is 0 Å². The summed E-state index contributed by atoms with van der Waals surface area (Å²) in [5.41, 5.74) is 2.66. The molecule has 0 heterocycles. The second-order valence-corrected chi connectivity index (χ2v) is 20.6. The zero-order chi connectivity index (χ0) is 20.9. The summed E-state index contributed by atoms with van der Waals surface area (Å²) < 4.78 is 7.15. The minimum absolute atomic E-state index is 0.710. The summed E-state index contributed by atoms with van der Waals surface area (Å²) in [5, 5.41) is 4.29. The number of hydrogen-bond donors (Lipinski definition) is 0. The van der Waals surface area contributed by atoms with Crippen LogP contribution in [0.3, 0.4) is 0 Å². The molecule has 0 unspecified atom stereocenters. The Balaban J connectivity index is 2.38. The number of aryl methyl sites for hydroxylation is 2. The predicted molar refractivity (Wildman–Crippen MR) is 132 cm³/mol. The second-order valence-electron chi connectivity index (χ2n) is 8.23. The maximum Gasteiger partial charge on any atom is 0.245 e. The topological polar surface area (TPSA) is 9.23 Å². The van der Waals surface area contributed by atoms with Crippen molar-refractivity contribution in [2.24, 2.45) is 0 Å². The number of rotatable bonds is 8. The summed E-state index contributed by atoms with van der Waals surface area (Å²) in [7, 11) is -4.62. The van der Waals surface area contributed by atoms with Crippen molar-refractivity contribution < 1.29 is 4.43 Å². The minimum atomic E-state index is -2.55. The van der Waals surface area contributed by atoms with Crippen molar-refractivity contribution in [3.8, 4) is 0 Å². The van der Waals surface area contributed by atoms with Gasteiger partial charge in [-0.15, -0.1) is 6.58 Å². The molecular formula is C26H32OSi2. The third-order valence-electron chi connectivity index (χ3n) is 6.06. The van der Waals surface area contributed by atoms with Gasteiger partial charge in [-0.05, 0) is 41.8 Å². The summed E-state index contributed by atoms with van der Waals surface area (Å²) in [6.45, 7) is 14.1. The Bertz CT molecular complexity index is 918. The monoisotopic (exact) mass is 416 g/mol. The van der Waals surface area contributed by atoms with Gasteiger partial charge in [0.2, 0.25) is 7.83 Å². The summed E-state index contributed by atoms with van der Waals surface area (Å²) >= 11 is 0. The smallest absolute Gasteiger partial charge is 0.245 e. The van der Waals surface area contributed by atoms with Crippen molar-refractivity contribution >= 4 is 31.0 Å². The SMILES string of the molecule is C=CCCO[Si](c1ccccc1C)(c1ccccc1C)[Si](C)(C)c1ccccc1. The van der Waals surface area contributed by atoms with E-state index >= 15 is 0 Å². The average Bonchev–Trinajstić information content (AvgIpc) is 2.73. The third kappa shape index (κ3) is 3.95. The van der Waals surface area contributed by atoms with Crippen LogP contribution in [0.5, 0.6) is 0 Å². The van der Waals surface area contributed by atoms with Crippen molar-refractivity contribution in [3.63, 3.8) is 0 Å². The number of benzene rings is 3. The van der Waals surface area contributed by atoms with Crippen molar-refractivity contribution in [1.82, 2.24) is 0 Å². The van der Waals surface area contributed by atoms with Gasteiger partial charge < -0.3 is 4.43 Å². The van der Waals surface area contributed by atoms with E-state index in [2.05, 4.69) is 112 Å². The molecule has 0 spiro atoms. The van der Waals surface area contributed by atoms with E-state index in [1.165, 1.54) is 26.7 Å². The number of hydrogen-bond acceptors (Lipinski definition) is 1. The molecule has 0 saturated heterocycles. The highest BCUT2D eigenvalue weighted by molar-refractivity contribution is 7.52. The van der Waals surface area contributed by atoms with Crippen LogP contribution < -0.4 is 15.6 Å². The largest absolute Gasteiger partial charge is 0.410 e. The fraction of sp³-hybridized carbons (Fsp3) is 0.231. The van der Waals surface area contributed by atoms with Crippen LogP contribution in [0.4, 0.5) is 0 Å². The molecule has 0 atom stereocenters. The van der Waals surface area contributed by atoms with Gasteiger partial charge in [0, 0.05) is 6.61 Å². The molecule has 0 amide bonds. The summed E-state index contributed by atoms with van der Waals surface area (Å²) in [6.07, 6.45) is 2.83. The van der Waals surface area contributed by atoms with E-state index in [1.807, 2.05) is 6.08 Å². The third-order valence-corrected chi connectivity index (χ3v) is 21.1. The van der Waals surface area contributed by atoms with Gasteiger partial charge in [-0.3, -0.25) is 0 Å². The van der Waals surface area contributed by atoms with Crippen LogP contribution in [0, 0.1) is 13.8 Å². The van der Waals surface area contributed by atoms with Crippen LogP contribution >= 0.6 is 0 Å². The Morgan fingerprint density at radius 3 is 1.72 bits per heavy atom. The maximum atomic E-state index is 7.15. The molecule has 0 radical (unpaired) electrons. The molecule has 3 rings (SSSR count). The van der Waals surface area contributed by atoms with Crippen molar-refractivity contribution in [3.05, 3.63) is 103 Å². The molecular weight excluding hydrogens is 384 g/mol. The molecule has 0 aliphatic carbocycles. The molecule has 3 aromatic carbocycles. The van der Waals surface area contributed by atoms with E-state index in [9.17, 15) is 0 Å². The lowest BCUT2D eigenvalue weighted by molar-refractivity contribution is 0.333. The lowest BCUT2D eigenvalue weighted by Gasteiger charge is -2.45. The summed E-state index contributed by atoms with van der Waals surface area (Å²) in [4.78, 5) is 0. The van der Waals surface area contributed by atoms with Crippen molar-refractivity contribution in [1.29, 1.82) is 0 Å². The Labute approximate surface area is 178 Å². The maximum absolute atomic E-state index is 7.15. The van der Waals surface area contributed by atoms with E-state index in [0.717, 1.165) is 6.42 Å². The highest BCUT2D eigenvalue weighted by atomic mass is 29.3. The average molecular weight is 417 g/mol. The molecule has 0 aromatic heterocycles. The van der Waals surface area contributed by atoms with Gasteiger partial charge in [-0.2, -0.15) is 0 Å². The summed E-state index contributed by atoms with van der Waals surface area (Å²) in [5.74, 6) is 0. The van der Waals surface area contributed by atoms with Gasteiger partial charge in [-0.25, -0.2) is 0 Å². The van der Waals surface area contributed by atoms with Crippen LogP contribution in [0.2, 0.25) is 13.1 Å². The molecule has 0 bridgehead atoms. The highest BCUT2D eigenvalue weighted by Crippen LogP contribution is 2.24.